The Hall–Kier alpha value is -3.07. The second-order valence-electron chi connectivity index (χ2n) is 7.78. The predicted octanol–water partition coefficient (Wildman–Crippen LogP) is -0.0973. The molecule has 0 spiro atoms. The van der Waals surface area contributed by atoms with Crippen LogP contribution in [0.2, 0.25) is 0 Å². The van der Waals surface area contributed by atoms with Gasteiger partial charge in [-0.15, -0.1) is 0 Å². The van der Waals surface area contributed by atoms with Crippen LogP contribution in [0.4, 0.5) is 5.82 Å². The number of quaternary nitrogens is 1. The molecule has 9 nitrogen and oxygen atoms in total. The number of hydrogen-bond donors (Lipinski definition) is 3. The summed E-state index contributed by atoms with van der Waals surface area (Å²) in [6.45, 7) is 4.25. The topological polar surface area (TPSA) is 121 Å². The van der Waals surface area contributed by atoms with Gasteiger partial charge in [-0.25, -0.2) is 4.79 Å². The van der Waals surface area contributed by atoms with Crippen LogP contribution in [0.25, 0.3) is 0 Å². The smallest absolute Gasteiger partial charge is 0.329 e. The molecule has 0 aliphatic carbocycles. The van der Waals surface area contributed by atoms with E-state index < -0.39 is 11.2 Å². The average molecular weight is 415 g/mol. The summed E-state index contributed by atoms with van der Waals surface area (Å²) in [5.74, 6) is 1.06. The largest absolute Gasteiger partial charge is 0.486 e. The van der Waals surface area contributed by atoms with E-state index >= 15 is 0 Å². The van der Waals surface area contributed by atoms with E-state index in [0.29, 0.717) is 26.2 Å². The molecule has 0 amide bonds. The minimum Gasteiger partial charge on any atom is -0.486 e. The maximum Gasteiger partial charge on any atom is 0.329 e. The number of hydrogen-bond acceptors (Lipinski definition) is 6. The van der Waals surface area contributed by atoms with E-state index in [1.807, 2.05) is 25.1 Å². The zero-order chi connectivity index (χ0) is 21.3. The number of aromatic amines is 1. The van der Waals surface area contributed by atoms with Crippen molar-refractivity contribution in [3.05, 3.63) is 50.2 Å². The Morgan fingerprint density at radius 1 is 1.27 bits per heavy atom. The SMILES string of the molecule is CCCn1c(N)c(C(=O)C[NH+]2CCC[C@@H]2c2ccc3c(c2)OCCO3)c(=O)[nH]c1=O. The van der Waals surface area contributed by atoms with E-state index in [1.54, 1.807) is 0 Å². The Morgan fingerprint density at radius 2 is 2.03 bits per heavy atom. The Kier molecular flexibility index (Phi) is 5.63. The van der Waals surface area contributed by atoms with Crippen LogP contribution >= 0.6 is 0 Å². The summed E-state index contributed by atoms with van der Waals surface area (Å²) in [6, 6.07) is 6.02. The van der Waals surface area contributed by atoms with Crippen molar-refractivity contribution in [2.45, 2.75) is 38.8 Å². The molecule has 9 heteroatoms. The molecule has 2 aromatic rings. The summed E-state index contributed by atoms with van der Waals surface area (Å²) in [6.07, 6.45) is 2.57. The third kappa shape index (κ3) is 3.72. The zero-order valence-corrected chi connectivity index (χ0v) is 17.0. The molecular weight excluding hydrogens is 388 g/mol. The molecule has 2 aliphatic heterocycles. The quantitative estimate of drug-likeness (QED) is 0.567. The van der Waals surface area contributed by atoms with Gasteiger partial charge in [0.1, 0.15) is 37.2 Å². The highest BCUT2D eigenvalue weighted by Gasteiger charge is 2.34. The second kappa shape index (κ2) is 8.35. The van der Waals surface area contributed by atoms with Crippen LogP contribution in [-0.4, -0.2) is 41.6 Å². The van der Waals surface area contributed by atoms with Crippen molar-refractivity contribution < 1.29 is 19.2 Å². The second-order valence-corrected chi connectivity index (χ2v) is 7.78. The molecule has 160 valence electrons. The number of nitrogens with two attached hydrogens (primary N) is 1. The molecule has 0 radical (unpaired) electrons. The summed E-state index contributed by atoms with van der Waals surface area (Å²) >= 11 is 0. The molecule has 4 N–H and O–H groups in total. The lowest BCUT2D eigenvalue weighted by atomic mass is 10.0. The molecule has 1 aromatic heterocycles. The maximum absolute atomic E-state index is 13.0. The van der Waals surface area contributed by atoms with Crippen LogP contribution in [0, 0.1) is 0 Å². The molecule has 1 aromatic carbocycles. The number of nitrogens with one attached hydrogen (secondary N) is 2. The van der Waals surface area contributed by atoms with Gasteiger partial charge in [0, 0.05) is 24.9 Å². The number of Topliss-reactive ketones (excluding diaryl/α,β-unsaturated/α-hetero) is 1. The lowest BCUT2D eigenvalue weighted by Crippen LogP contribution is -3.11. The van der Waals surface area contributed by atoms with Crippen molar-refractivity contribution in [2.24, 2.45) is 0 Å². The first-order valence-electron chi connectivity index (χ1n) is 10.4. The van der Waals surface area contributed by atoms with Crippen molar-refractivity contribution in [3.63, 3.8) is 0 Å². The number of ether oxygens (including phenoxy) is 2. The average Bonchev–Trinajstić information content (AvgIpc) is 3.18. The van der Waals surface area contributed by atoms with Gasteiger partial charge >= 0.3 is 5.69 Å². The van der Waals surface area contributed by atoms with Crippen molar-refractivity contribution in [2.75, 3.05) is 32.0 Å². The molecule has 3 heterocycles. The predicted molar refractivity (Wildman–Crippen MR) is 110 cm³/mol. The fourth-order valence-corrected chi connectivity index (χ4v) is 4.40. The minimum absolute atomic E-state index is 0.0509. The number of likely N-dealkylation sites (tertiary alicyclic amines) is 1. The normalized spacial score (nSPS) is 20.3. The number of carbonyl (C=O) groups is 1. The van der Waals surface area contributed by atoms with E-state index in [-0.39, 0.29) is 29.8 Å². The highest BCUT2D eigenvalue weighted by molar-refractivity contribution is 6.00. The maximum atomic E-state index is 13.0. The zero-order valence-electron chi connectivity index (χ0n) is 17.0. The fraction of sp³-hybridized carbons (Fsp3) is 0.476. The molecule has 4 rings (SSSR count). The number of fused-ring (bicyclic) bond motifs is 1. The van der Waals surface area contributed by atoms with Crippen LogP contribution in [0.5, 0.6) is 11.5 Å². The number of benzene rings is 1. The van der Waals surface area contributed by atoms with Crippen LogP contribution in [0.1, 0.15) is 48.1 Å². The molecule has 0 saturated carbocycles. The van der Waals surface area contributed by atoms with Gasteiger partial charge in [0.2, 0.25) is 5.78 Å². The summed E-state index contributed by atoms with van der Waals surface area (Å²) in [5, 5.41) is 0. The summed E-state index contributed by atoms with van der Waals surface area (Å²) in [4.78, 5) is 40.7. The lowest BCUT2D eigenvalue weighted by Gasteiger charge is -2.24. The number of nitrogen functional groups attached to an aromatic ring is 1. The van der Waals surface area contributed by atoms with Crippen molar-refractivity contribution in [1.82, 2.24) is 9.55 Å². The molecule has 2 aliphatic rings. The van der Waals surface area contributed by atoms with E-state index in [9.17, 15) is 14.4 Å². The summed E-state index contributed by atoms with van der Waals surface area (Å²) in [7, 11) is 0. The third-order valence-electron chi connectivity index (χ3n) is 5.81. The first-order chi connectivity index (χ1) is 14.5. The fourth-order valence-electron chi connectivity index (χ4n) is 4.40. The number of H-pyrrole nitrogens is 1. The van der Waals surface area contributed by atoms with Crippen molar-refractivity contribution >= 4 is 11.6 Å². The first-order valence-corrected chi connectivity index (χ1v) is 10.4. The molecule has 30 heavy (non-hydrogen) atoms. The van der Waals surface area contributed by atoms with E-state index in [4.69, 9.17) is 15.2 Å². The summed E-state index contributed by atoms with van der Waals surface area (Å²) < 4.78 is 12.5. The van der Waals surface area contributed by atoms with Crippen LogP contribution in [0.15, 0.2) is 27.8 Å². The molecule has 2 atom stereocenters. The van der Waals surface area contributed by atoms with Gasteiger partial charge in [0.25, 0.3) is 5.56 Å². The van der Waals surface area contributed by atoms with Crippen LogP contribution in [0.3, 0.4) is 0 Å². The lowest BCUT2D eigenvalue weighted by molar-refractivity contribution is -0.910. The van der Waals surface area contributed by atoms with Gasteiger partial charge < -0.3 is 20.1 Å². The Morgan fingerprint density at radius 3 is 2.80 bits per heavy atom. The van der Waals surface area contributed by atoms with Crippen molar-refractivity contribution in [1.29, 1.82) is 0 Å². The number of ketones is 1. The van der Waals surface area contributed by atoms with Crippen LogP contribution < -0.4 is 31.4 Å². The standard InChI is InChI=1S/C21H26N4O5/c1-2-7-25-19(22)18(20(27)23-21(25)28)15(26)12-24-8-3-4-14(24)13-5-6-16-17(11-13)30-10-9-29-16/h5-6,11,14H,2-4,7-10,12,22H2,1H3,(H,23,27,28)/p+1/t14-/m1/s1. The number of anilines is 1. The van der Waals surface area contributed by atoms with Crippen LogP contribution in [-0.2, 0) is 6.54 Å². The Labute approximate surface area is 173 Å². The molecular formula is C21H27N4O5+. The number of rotatable bonds is 6. The van der Waals surface area contributed by atoms with Gasteiger partial charge in [0.15, 0.2) is 11.5 Å². The molecule has 1 unspecified atom stereocenters. The molecule has 1 fully saturated rings. The first kappa shape index (κ1) is 20.2. The van der Waals surface area contributed by atoms with Gasteiger partial charge in [-0.05, 0) is 24.6 Å². The van der Waals surface area contributed by atoms with Gasteiger partial charge in [-0.3, -0.25) is 19.1 Å². The van der Waals surface area contributed by atoms with E-state index in [1.165, 1.54) is 4.57 Å². The highest BCUT2D eigenvalue weighted by atomic mass is 16.6. The highest BCUT2D eigenvalue weighted by Crippen LogP contribution is 2.33. The van der Waals surface area contributed by atoms with E-state index in [0.717, 1.165) is 41.3 Å². The summed E-state index contributed by atoms with van der Waals surface area (Å²) in [5.41, 5.74) is 5.71. The molecule has 1 saturated heterocycles. The van der Waals surface area contributed by atoms with Crippen molar-refractivity contribution in [3.8, 4) is 11.5 Å². The minimum atomic E-state index is -0.718. The number of nitrogens with zero attached hydrogens (tertiary/aromatic N) is 1. The molecule has 0 bridgehead atoms. The third-order valence-corrected chi connectivity index (χ3v) is 5.81. The Bertz CT molecular complexity index is 1070. The number of carbonyl (C=O) groups excluding carboxylic acids is 1. The monoisotopic (exact) mass is 415 g/mol. The number of aromatic nitrogens is 2. The Balaban J connectivity index is 1.58. The van der Waals surface area contributed by atoms with Gasteiger partial charge in [-0.1, -0.05) is 6.92 Å². The van der Waals surface area contributed by atoms with Gasteiger partial charge in [0.05, 0.1) is 6.54 Å². The van der Waals surface area contributed by atoms with E-state index in [2.05, 4.69) is 4.98 Å². The van der Waals surface area contributed by atoms with Gasteiger partial charge in [-0.2, -0.15) is 0 Å².